The third-order valence-electron chi connectivity index (χ3n) is 5.96. The van der Waals surface area contributed by atoms with Crippen molar-refractivity contribution < 1.29 is 32.6 Å². The first-order chi connectivity index (χ1) is 17.1. The van der Waals surface area contributed by atoms with E-state index in [4.69, 9.17) is 21.4 Å². The van der Waals surface area contributed by atoms with Crippen molar-refractivity contribution >= 4 is 40.7 Å². The fraction of sp³-hybridized carbons (Fsp3) is 0.391. The van der Waals surface area contributed by atoms with Gasteiger partial charge in [-0.05, 0) is 18.6 Å². The molecule has 1 fully saturated rings. The van der Waals surface area contributed by atoms with Gasteiger partial charge in [-0.25, -0.2) is 22.9 Å². The van der Waals surface area contributed by atoms with Gasteiger partial charge in [0.25, 0.3) is 5.92 Å². The van der Waals surface area contributed by atoms with Crippen LogP contribution in [0.25, 0.3) is 0 Å². The second kappa shape index (κ2) is 10.6. The zero-order chi connectivity index (χ0) is 26.0. The molecule has 0 amide bonds. The van der Waals surface area contributed by atoms with Gasteiger partial charge in [0.15, 0.2) is 10.8 Å². The summed E-state index contributed by atoms with van der Waals surface area (Å²) in [5.41, 5.74) is 0.588. The molecule has 8 nitrogen and oxygen atoms in total. The highest BCUT2D eigenvalue weighted by Crippen LogP contribution is 2.39. The lowest BCUT2D eigenvalue weighted by Crippen LogP contribution is -2.41. The summed E-state index contributed by atoms with van der Waals surface area (Å²) < 4.78 is 47.5. The summed E-state index contributed by atoms with van der Waals surface area (Å²) in [6, 6.07) is 1.92. The fourth-order valence-electron chi connectivity index (χ4n) is 4.40. The number of ether oxygens (including phenoxy) is 1. The molecule has 2 atom stereocenters. The van der Waals surface area contributed by atoms with Crippen molar-refractivity contribution in [1.82, 2.24) is 15.2 Å². The molecule has 2 aromatic rings. The molecule has 1 aromatic heterocycles. The van der Waals surface area contributed by atoms with Gasteiger partial charge in [-0.1, -0.05) is 17.7 Å². The summed E-state index contributed by atoms with van der Waals surface area (Å²) in [6.07, 6.45) is 0.813. The number of nitrogens with one attached hydrogen (secondary N) is 1. The van der Waals surface area contributed by atoms with E-state index >= 15 is 0 Å². The predicted molar refractivity (Wildman–Crippen MR) is 127 cm³/mol. The maximum atomic E-state index is 14.4. The van der Waals surface area contributed by atoms with Crippen LogP contribution in [0.15, 0.2) is 46.0 Å². The minimum atomic E-state index is -3.02. The summed E-state index contributed by atoms with van der Waals surface area (Å²) in [4.78, 5) is 34.3. The average molecular weight is 543 g/mol. The molecular weight excluding hydrogens is 521 g/mol. The minimum Gasteiger partial charge on any atom is -0.481 e. The first-order valence-corrected chi connectivity index (χ1v) is 12.2. The molecule has 1 saturated heterocycles. The van der Waals surface area contributed by atoms with Crippen LogP contribution in [0.5, 0.6) is 0 Å². The number of carbonyl (C=O) groups excluding carboxylic acids is 1. The Balaban J connectivity index is 1.78. The lowest BCUT2D eigenvalue weighted by molar-refractivity contribution is -0.137. The molecule has 13 heteroatoms. The van der Waals surface area contributed by atoms with Crippen LogP contribution in [0.3, 0.4) is 0 Å². The number of methoxy groups -OCH3 is 1. The van der Waals surface area contributed by atoms with Crippen LogP contribution in [0.1, 0.15) is 35.9 Å². The quantitative estimate of drug-likeness (QED) is 0.485. The number of benzene rings is 1. The van der Waals surface area contributed by atoms with E-state index in [1.54, 1.807) is 11.6 Å². The number of alkyl halides is 2. The van der Waals surface area contributed by atoms with Crippen LogP contribution < -0.4 is 5.32 Å². The van der Waals surface area contributed by atoms with Crippen LogP contribution in [-0.4, -0.2) is 64.9 Å². The summed E-state index contributed by atoms with van der Waals surface area (Å²) >= 11 is 7.59. The normalized spacial score (nSPS) is 21.8. The average Bonchev–Trinajstić information content (AvgIpc) is 3.44. The standard InChI is InChI=1S/C23H22ClF3N4O4S/c1-35-22(34)18-16(10-31-11-23(26,27)9-13(31)3-5-17(32)33)29-20(21-28-6-7-36-21)30-19(18)14-4-2-12(25)8-15(14)24/h2,4,6-8,13,19H,3,5,9-11H2,1H3,(H,29,30)(H,32,33). The zero-order valence-electron chi connectivity index (χ0n) is 19.0. The first-order valence-electron chi connectivity index (χ1n) is 10.9. The summed E-state index contributed by atoms with van der Waals surface area (Å²) in [7, 11) is 1.18. The second-order valence-corrected chi connectivity index (χ2v) is 9.75. The smallest absolute Gasteiger partial charge is 0.338 e. The number of carbonyl (C=O) groups is 2. The molecule has 0 spiro atoms. The molecule has 2 N–H and O–H groups in total. The zero-order valence-corrected chi connectivity index (χ0v) is 20.6. The number of aliphatic imine (C=N–C) groups is 1. The van der Waals surface area contributed by atoms with Crippen LogP contribution in [-0.2, 0) is 14.3 Å². The van der Waals surface area contributed by atoms with Gasteiger partial charge >= 0.3 is 11.9 Å². The summed E-state index contributed by atoms with van der Waals surface area (Å²) in [5.74, 6) is -5.16. The number of aromatic nitrogens is 1. The van der Waals surface area contributed by atoms with Gasteiger partial charge < -0.3 is 15.2 Å². The number of halogens is 4. The van der Waals surface area contributed by atoms with E-state index in [2.05, 4.69) is 15.3 Å². The lowest BCUT2D eigenvalue weighted by atomic mass is 9.95. The Hall–Kier alpha value is -2.96. The van der Waals surface area contributed by atoms with Crippen molar-refractivity contribution in [2.45, 2.75) is 37.3 Å². The molecule has 4 rings (SSSR count). The monoisotopic (exact) mass is 542 g/mol. The Morgan fingerprint density at radius 1 is 1.39 bits per heavy atom. The Bertz CT molecular complexity index is 1220. The molecule has 36 heavy (non-hydrogen) atoms. The summed E-state index contributed by atoms with van der Waals surface area (Å²) in [6.45, 7) is -0.743. The number of nitrogens with zero attached hydrogens (tertiary/aromatic N) is 3. The van der Waals surface area contributed by atoms with Gasteiger partial charge in [0.1, 0.15) is 11.9 Å². The van der Waals surface area contributed by atoms with E-state index in [1.165, 1.54) is 35.5 Å². The van der Waals surface area contributed by atoms with Gasteiger partial charge in [-0.3, -0.25) is 14.7 Å². The highest BCUT2D eigenvalue weighted by Gasteiger charge is 2.46. The number of aliphatic carboxylic acids is 1. The maximum Gasteiger partial charge on any atom is 0.338 e. The van der Waals surface area contributed by atoms with Gasteiger partial charge in [0, 0.05) is 53.3 Å². The van der Waals surface area contributed by atoms with Crippen LogP contribution in [0.4, 0.5) is 13.2 Å². The lowest BCUT2D eigenvalue weighted by Gasteiger charge is -2.31. The number of hydrogen-bond donors (Lipinski definition) is 2. The molecule has 2 aliphatic rings. The van der Waals surface area contributed by atoms with Crippen molar-refractivity contribution in [3.05, 3.63) is 62.5 Å². The summed E-state index contributed by atoms with van der Waals surface area (Å²) in [5, 5.41) is 14.3. The van der Waals surface area contributed by atoms with E-state index < -0.39 is 48.7 Å². The Labute approximate surface area is 213 Å². The second-order valence-electron chi connectivity index (χ2n) is 8.44. The molecule has 3 heterocycles. The van der Waals surface area contributed by atoms with Crippen molar-refractivity contribution in [3.8, 4) is 0 Å². The molecule has 0 saturated carbocycles. The van der Waals surface area contributed by atoms with Crippen molar-refractivity contribution in [2.24, 2.45) is 4.99 Å². The molecule has 2 unspecified atom stereocenters. The van der Waals surface area contributed by atoms with Crippen molar-refractivity contribution in [1.29, 1.82) is 0 Å². The van der Waals surface area contributed by atoms with E-state index in [1.807, 2.05) is 0 Å². The number of amidine groups is 1. The van der Waals surface area contributed by atoms with E-state index in [9.17, 15) is 22.8 Å². The first kappa shape index (κ1) is 26.1. The Morgan fingerprint density at radius 2 is 2.17 bits per heavy atom. The number of likely N-dealkylation sites (tertiary alicyclic amines) is 1. The predicted octanol–water partition coefficient (Wildman–Crippen LogP) is 4.03. The topological polar surface area (TPSA) is 104 Å². The molecule has 0 radical (unpaired) electrons. The Kier molecular flexibility index (Phi) is 7.67. The number of esters is 1. The van der Waals surface area contributed by atoms with E-state index in [-0.39, 0.29) is 41.5 Å². The highest BCUT2D eigenvalue weighted by molar-refractivity contribution is 7.11. The molecule has 192 valence electrons. The maximum absolute atomic E-state index is 14.4. The number of rotatable bonds is 8. The number of hydrogen-bond acceptors (Lipinski definition) is 8. The number of carboxylic acids is 1. The number of carboxylic acid groups (broad SMARTS) is 1. The van der Waals surface area contributed by atoms with Crippen molar-refractivity contribution in [2.75, 3.05) is 20.2 Å². The molecule has 0 aliphatic carbocycles. The fourth-order valence-corrected chi connectivity index (χ4v) is 5.25. The molecular formula is C23H22ClF3N4O4S. The highest BCUT2D eigenvalue weighted by atomic mass is 35.5. The minimum absolute atomic E-state index is 0.0202. The van der Waals surface area contributed by atoms with Crippen LogP contribution in [0.2, 0.25) is 5.02 Å². The largest absolute Gasteiger partial charge is 0.481 e. The van der Waals surface area contributed by atoms with Crippen LogP contribution in [0, 0.1) is 5.82 Å². The SMILES string of the molecule is COC(=O)C1=C(CN2CC(F)(F)CC2CCC(=O)O)NC(c2nccs2)=NC1c1ccc(F)cc1Cl. The molecule has 1 aromatic carbocycles. The third-order valence-corrected chi connectivity index (χ3v) is 7.07. The van der Waals surface area contributed by atoms with Gasteiger partial charge in [0.2, 0.25) is 0 Å². The Morgan fingerprint density at radius 3 is 2.81 bits per heavy atom. The molecule has 0 bridgehead atoms. The van der Waals surface area contributed by atoms with Gasteiger partial charge in [0.05, 0.1) is 19.2 Å². The third kappa shape index (κ3) is 5.71. The van der Waals surface area contributed by atoms with Crippen LogP contribution >= 0.6 is 22.9 Å². The molecule has 2 aliphatic heterocycles. The van der Waals surface area contributed by atoms with Gasteiger partial charge in [-0.15, -0.1) is 11.3 Å². The van der Waals surface area contributed by atoms with Crippen molar-refractivity contribution in [3.63, 3.8) is 0 Å². The number of thiazole rings is 1. The van der Waals surface area contributed by atoms with Gasteiger partial charge in [-0.2, -0.15) is 0 Å². The van der Waals surface area contributed by atoms with E-state index in [0.717, 1.165) is 6.07 Å². The van der Waals surface area contributed by atoms with E-state index in [0.29, 0.717) is 10.6 Å².